The standard InChI is InChI=1S/C44H43N9O8/c1-24(50-31-13-9-12-27-37(31)44(60)53(43(27)59)34-16-17-36(54)52-42(34)58)39(55)46-18-7-8-19-47-41(57)32-15-14-25(22-48-32)28-20-29-33(21-35(28)61-3)49-23-30(40(56)45-2)38(29)51-26-10-5-4-6-11-26/h4-6,9-15,20-24,34,50H,7-8,16-19H2,1-3H3,(H,45,56)(H,46,55)(H,47,57)(H,49,51)(H,52,54,58)/t24-,34?/m0/s1. The number of pyridine rings is 2. The minimum Gasteiger partial charge on any atom is -0.496 e. The molecule has 1 fully saturated rings. The van der Waals surface area contributed by atoms with Crippen LogP contribution >= 0.6 is 0 Å². The molecule has 0 radical (unpaired) electrons. The number of carbonyl (C=O) groups is 7. The molecule has 0 bridgehead atoms. The maximum absolute atomic E-state index is 13.4. The molecule has 61 heavy (non-hydrogen) atoms. The lowest BCUT2D eigenvalue weighted by Crippen LogP contribution is -2.54. The van der Waals surface area contributed by atoms with Gasteiger partial charge in [-0.25, -0.2) is 0 Å². The van der Waals surface area contributed by atoms with Crippen molar-refractivity contribution in [1.29, 1.82) is 0 Å². The van der Waals surface area contributed by atoms with Gasteiger partial charge in [-0.1, -0.05) is 30.3 Å². The minimum atomic E-state index is -1.10. The summed E-state index contributed by atoms with van der Waals surface area (Å²) in [6, 6.07) is 19.3. The molecule has 17 nitrogen and oxygen atoms in total. The first-order valence-electron chi connectivity index (χ1n) is 19.7. The lowest BCUT2D eigenvalue weighted by atomic mass is 10.0. The molecule has 1 saturated heterocycles. The van der Waals surface area contributed by atoms with Crippen LogP contribution in [0.3, 0.4) is 0 Å². The van der Waals surface area contributed by atoms with Gasteiger partial charge in [-0.15, -0.1) is 0 Å². The van der Waals surface area contributed by atoms with Crippen LogP contribution in [0.15, 0.2) is 85.2 Å². The molecular weight excluding hydrogens is 783 g/mol. The summed E-state index contributed by atoms with van der Waals surface area (Å²) in [7, 11) is 3.11. The maximum Gasteiger partial charge on any atom is 0.269 e. The number of amides is 7. The second kappa shape index (κ2) is 18.1. The van der Waals surface area contributed by atoms with Gasteiger partial charge < -0.3 is 31.3 Å². The van der Waals surface area contributed by atoms with Crippen LogP contribution in [0.4, 0.5) is 17.1 Å². The predicted octanol–water partition coefficient (Wildman–Crippen LogP) is 3.94. The lowest BCUT2D eigenvalue weighted by molar-refractivity contribution is -0.136. The molecule has 7 rings (SSSR count). The van der Waals surface area contributed by atoms with Crippen molar-refractivity contribution in [2.24, 2.45) is 0 Å². The van der Waals surface area contributed by atoms with Crippen molar-refractivity contribution in [2.45, 2.75) is 44.7 Å². The molecule has 2 aromatic heterocycles. The third-order valence-electron chi connectivity index (χ3n) is 10.4. The van der Waals surface area contributed by atoms with E-state index in [1.54, 1.807) is 57.6 Å². The van der Waals surface area contributed by atoms with Crippen LogP contribution < -0.4 is 36.6 Å². The highest BCUT2D eigenvalue weighted by Crippen LogP contribution is 2.38. The van der Waals surface area contributed by atoms with Gasteiger partial charge in [-0.05, 0) is 62.6 Å². The summed E-state index contributed by atoms with van der Waals surface area (Å²) in [6.45, 7) is 2.26. The Balaban J connectivity index is 0.917. The van der Waals surface area contributed by atoms with Crippen LogP contribution in [0.2, 0.25) is 0 Å². The minimum absolute atomic E-state index is 0.00668. The van der Waals surface area contributed by atoms with Gasteiger partial charge in [0.25, 0.3) is 23.6 Å². The fourth-order valence-corrected chi connectivity index (χ4v) is 7.25. The third-order valence-corrected chi connectivity index (χ3v) is 10.4. The molecular formula is C44H43N9O8. The average molecular weight is 826 g/mol. The number of imide groups is 2. The van der Waals surface area contributed by atoms with E-state index in [0.717, 1.165) is 10.6 Å². The predicted molar refractivity (Wildman–Crippen MR) is 225 cm³/mol. The average Bonchev–Trinajstić information content (AvgIpc) is 3.53. The Bertz CT molecular complexity index is 2560. The zero-order valence-corrected chi connectivity index (χ0v) is 33.6. The molecule has 0 saturated carbocycles. The lowest BCUT2D eigenvalue weighted by Gasteiger charge is -2.27. The van der Waals surface area contributed by atoms with Crippen LogP contribution in [0.25, 0.3) is 22.0 Å². The van der Waals surface area contributed by atoms with Crippen molar-refractivity contribution in [3.8, 4) is 16.9 Å². The molecule has 0 aliphatic carbocycles. The Morgan fingerprint density at radius 1 is 0.869 bits per heavy atom. The number of nitrogens with zero attached hydrogens (tertiary/aromatic N) is 3. The van der Waals surface area contributed by atoms with Crippen molar-refractivity contribution in [3.63, 3.8) is 0 Å². The quantitative estimate of drug-likeness (QED) is 0.0652. The van der Waals surface area contributed by atoms with E-state index in [9.17, 15) is 33.6 Å². The SMILES string of the molecule is CNC(=O)c1cnc2cc(OC)c(-c3ccc(C(=O)NCCCCNC(=O)[C@H](C)Nc4cccc5c4C(=O)N(C4CCC(=O)NC4=O)C5=O)nc3)cc2c1Nc1ccccc1. The van der Waals surface area contributed by atoms with Crippen molar-refractivity contribution < 1.29 is 38.3 Å². The smallest absolute Gasteiger partial charge is 0.269 e. The number of anilines is 3. The summed E-state index contributed by atoms with van der Waals surface area (Å²) >= 11 is 0. The third kappa shape index (κ3) is 8.71. The topological polar surface area (TPSA) is 230 Å². The van der Waals surface area contributed by atoms with E-state index in [0.29, 0.717) is 65.0 Å². The van der Waals surface area contributed by atoms with E-state index in [1.165, 1.54) is 12.3 Å². The van der Waals surface area contributed by atoms with Crippen LogP contribution in [0, 0.1) is 0 Å². The molecule has 312 valence electrons. The summed E-state index contributed by atoms with van der Waals surface area (Å²) in [4.78, 5) is 99.3. The number of aromatic nitrogens is 2. The molecule has 2 atom stereocenters. The molecule has 6 N–H and O–H groups in total. The number of unbranched alkanes of at least 4 members (excludes halogenated alkanes) is 1. The molecule has 17 heteroatoms. The highest BCUT2D eigenvalue weighted by molar-refractivity contribution is 6.25. The number of methoxy groups -OCH3 is 1. The van der Waals surface area contributed by atoms with Gasteiger partial charge in [0.1, 0.15) is 23.5 Å². The highest BCUT2D eigenvalue weighted by Gasteiger charge is 2.45. The van der Waals surface area contributed by atoms with Crippen molar-refractivity contribution in [3.05, 3.63) is 108 Å². The summed E-state index contributed by atoms with van der Waals surface area (Å²) in [6.07, 6.45) is 4.25. The number of para-hydroxylation sites is 1. The summed E-state index contributed by atoms with van der Waals surface area (Å²) in [5.74, 6) is -2.97. The van der Waals surface area contributed by atoms with E-state index in [-0.39, 0.29) is 53.1 Å². The van der Waals surface area contributed by atoms with Crippen molar-refractivity contribution in [1.82, 2.24) is 36.1 Å². The van der Waals surface area contributed by atoms with Gasteiger partial charge in [-0.3, -0.25) is 53.7 Å². The molecule has 2 aliphatic heterocycles. The van der Waals surface area contributed by atoms with Gasteiger partial charge in [0.2, 0.25) is 17.7 Å². The van der Waals surface area contributed by atoms with Crippen molar-refractivity contribution in [2.75, 3.05) is 37.9 Å². The number of hydrogen-bond acceptors (Lipinski definition) is 12. The van der Waals surface area contributed by atoms with E-state index >= 15 is 0 Å². The molecule has 2 aliphatic rings. The van der Waals surface area contributed by atoms with Gasteiger partial charge >= 0.3 is 0 Å². The molecule has 4 heterocycles. The Kier molecular flexibility index (Phi) is 12.3. The fourth-order valence-electron chi connectivity index (χ4n) is 7.25. The first-order valence-corrected chi connectivity index (χ1v) is 19.7. The van der Waals surface area contributed by atoms with Crippen LogP contribution in [-0.4, -0.2) is 95.5 Å². The van der Waals surface area contributed by atoms with Gasteiger partial charge in [-0.2, -0.15) is 0 Å². The van der Waals surface area contributed by atoms with E-state index in [1.807, 2.05) is 36.4 Å². The largest absolute Gasteiger partial charge is 0.496 e. The number of rotatable bonds is 15. The first kappa shape index (κ1) is 41.5. The van der Waals surface area contributed by atoms with E-state index in [4.69, 9.17) is 4.74 Å². The molecule has 0 spiro atoms. The van der Waals surface area contributed by atoms with Crippen LogP contribution in [-0.2, 0) is 14.4 Å². The van der Waals surface area contributed by atoms with Crippen molar-refractivity contribution >= 4 is 69.3 Å². The van der Waals surface area contributed by atoms with Gasteiger partial charge in [0.05, 0.1) is 35.0 Å². The summed E-state index contributed by atoms with van der Waals surface area (Å²) in [5, 5.41) is 17.6. The first-order chi connectivity index (χ1) is 29.5. The molecule has 5 aromatic rings. The highest BCUT2D eigenvalue weighted by atomic mass is 16.5. The zero-order valence-electron chi connectivity index (χ0n) is 33.6. The Labute approximate surface area is 350 Å². The second-order valence-electron chi connectivity index (χ2n) is 14.4. The summed E-state index contributed by atoms with van der Waals surface area (Å²) < 4.78 is 5.71. The van der Waals surface area contributed by atoms with Gasteiger partial charge in [0.15, 0.2) is 0 Å². The molecule has 3 aromatic carbocycles. The number of ether oxygens (including phenoxy) is 1. The van der Waals surface area contributed by atoms with Gasteiger partial charge in [0, 0.05) is 72.9 Å². The Hall–Kier alpha value is -7.69. The number of carbonyl (C=O) groups excluding carboxylic acids is 7. The molecule has 1 unspecified atom stereocenters. The summed E-state index contributed by atoms with van der Waals surface area (Å²) in [5.41, 5.74) is 4.33. The number of nitrogens with one attached hydrogen (secondary N) is 6. The van der Waals surface area contributed by atoms with Crippen LogP contribution in [0.1, 0.15) is 74.2 Å². The fraction of sp³-hybridized carbons (Fsp3) is 0.250. The second-order valence-corrected chi connectivity index (χ2v) is 14.4. The number of fused-ring (bicyclic) bond motifs is 2. The normalized spacial score (nSPS) is 15.1. The Morgan fingerprint density at radius 3 is 2.34 bits per heavy atom. The zero-order chi connectivity index (χ0) is 43.2. The Morgan fingerprint density at radius 2 is 1.64 bits per heavy atom. The van der Waals surface area contributed by atoms with E-state index < -0.39 is 35.7 Å². The maximum atomic E-state index is 13.4. The van der Waals surface area contributed by atoms with E-state index in [2.05, 4.69) is 41.9 Å². The number of hydrogen-bond donors (Lipinski definition) is 6. The van der Waals surface area contributed by atoms with Crippen LogP contribution in [0.5, 0.6) is 5.75 Å². The monoisotopic (exact) mass is 825 g/mol. The molecule has 7 amide bonds. The number of piperidine rings is 1. The number of benzene rings is 3.